The number of aromatic nitrogens is 1. The molecule has 112 valence electrons. The first-order chi connectivity index (χ1) is 10.5. The molecule has 1 atom stereocenters. The van der Waals surface area contributed by atoms with Gasteiger partial charge in [-0.25, -0.2) is 9.37 Å². The van der Waals surface area contributed by atoms with Crippen LogP contribution in [0.15, 0.2) is 46.9 Å². The largest absolute Gasteiger partial charge is 0.436 e. The van der Waals surface area contributed by atoms with Crippen LogP contribution in [0.4, 0.5) is 10.1 Å². The van der Waals surface area contributed by atoms with E-state index in [0.717, 1.165) is 11.1 Å². The van der Waals surface area contributed by atoms with Crippen molar-refractivity contribution in [2.75, 3.05) is 5.32 Å². The molecule has 0 fully saturated rings. The lowest BCUT2D eigenvalue weighted by Crippen LogP contribution is -2.20. The van der Waals surface area contributed by atoms with E-state index in [1.165, 1.54) is 6.92 Å². The predicted octanol–water partition coefficient (Wildman–Crippen LogP) is 4.10. The summed E-state index contributed by atoms with van der Waals surface area (Å²) in [5.74, 6) is -0.168. The Bertz CT molecular complexity index is 822. The number of benzene rings is 2. The SMILES string of the molecule is Cc1ccc(-c2nc3cc(NC(=O)C(C)F)ccc3o2)cc1. The lowest BCUT2D eigenvalue weighted by Gasteiger charge is -2.04. The quantitative estimate of drug-likeness (QED) is 0.792. The van der Waals surface area contributed by atoms with Crippen molar-refractivity contribution in [2.45, 2.75) is 20.0 Å². The summed E-state index contributed by atoms with van der Waals surface area (Å²) in [6.45, 7) is 3.20. The smallest absolute Gasteiger partial charge is 0.258 e. The van der Waals surface area contributed by atoms with Crippen molar-refractivity contribution in [2.24, 2.45) is 0 Å². The highest BCUT2D eigenvalue weighted by Crippen LogP contribution is 2.26. The number of amides is 1. The molecule has 1 unspecified atom stereocenters. The lowest BCUT2D eigenvalue weighted by molar-refractivity contribution is -0.120. The Labute approximate surface area is 127 Å². The molecule has 0 aliphatic heterocycles. The molecule has 0 spiro atoms. The van der Waals surface area contributed by atoms with Crippen LogP contribution in [0.3, 0.4) is 0 Å². The van der Waals surface area contributed by atoms with E-state index in [4.69, 9.17) is 4.42 Å². The zero-order chi connectivity index (χ0) is 15.7. The van der Waals surface area contributed by atoms with Gasteiger partial charge in [-0.2, -0.15) is 0 Å². The number of aryl methyl sites for hydroxylation is 1. The first-order valence-corrected chi connectivity index (χ1v) is 6.95. The van der Waals surface area contributed by atoms with Gasteiger partial charge in [-0.1, -0.05) is 17.7 Å². The molecule has 4 nitrogen and oxygen atoms in total. The summed E-state index contributed by atoms with van der Waals surface area (Å²) < 4.78 is 18.6. The summed E-state index contributed by atoms with van der Waals surface area (Å²) >= 11 is 0. The van der Waals surface area contributed by atoms with E-state index < -0.39 is 12.1 Å². The summed E-state index contributed by atoms with van der Waals surface area (Å²) in [5, 5.41) is 2.49. The van der Waals surface area contributed by atoms with Crippen molar-refractivity contribution in [1.82, 2.24) is 4.98 Å². The number of rotatable bonds is 3. The number of nitrogens with one attached hydrogen (secondary N) is 1. The van der Waals surface area contributed by atoms with Gasteiger partial charge >= 0.3 is 0 Å². The molecule has 1 aromatic heterocycles. The molecule has 1 amide bonds. The van der Waals surface area contributed by atoms with E-state index in [1.807, 2.05) is 31.2 Å². The Hall–Kier alpha value is -2.69. The molecule has 1 heterocycles. The van der Waals surface area contributed by atoms with Crippen LogP contribution in [0, 0.1) is 6.92 Å². The third kappa shape index (κ3) is 2.83. The maximum Gasteiger partial charge on any atom is 0.258 e. The summed E-state index contributed by atoms with van der Waals surface area (Å²) in [5.41, 5.74) is 3.75. The molecule has 2 aromatic carbocycles. The van der Waals surface area contributed by atoms with E-state index in [-0.39, 0.29) is 0 Å². The van der Waals surface area contributed by atoms with Crippen LogP contribution >= 0.6 is 0 Å². The molecule has 0 aliphatic rings. The van der Waals surface area contributed by atoms with Crippen molar-refractivity contribution < 1.29 is 13.6 Å². The average Bonchev–Trinajstić information content (AvgIpc) is 2.91. The number of carbonyl (C=O) groups excluding carboxylic acids is 1. The van der Waals surface area contributed by atoms with Gasteiger partial charge in [0, 0.05) is 11.3 Å². The molecule has 0 bridgehead atoms. The first-order valence-electron chi connectivity index (χ1n) is 6.95. The van der Waals surface area contributed by atoms with E-state index >= 15 is 0 Å². The molecule has 0 saturated heterocycles. The fourth-order valence-electron chi connectivity index (χ4n) is 2.07. The molecule has 0 saturated carbocycles. The van der Waals surface area contributed by atoms with Gasteiger partial charge in [-0.15, -0.1) is 0 Å². The van der Waals surface area contributed by atoms with E-state index in [0.29, 0.717) is 22.7 Å². The highest BCUT2D eigenvalue weighted by atomic mass is 19.1. The summed E-state index contributed by atoms with van der Waals surface area (Å²) in [7, 11) is 0. The number of halogens is 1. The van der Waals surface area contributed by atoms with Crippen LogP contribution in [-0.4, -0.2) is 17.1 Å². The van der Waals surface area contributed by atoms with E-state index in [1.54, 1.807) is 18.2 Å². The molecule has 1 N–H and O–H groups in total. The van der Waals surface area contributed by atoms with Crippen molar-refractivity contribution in [3.8, 4) is 11.5 Å². The standard InChI is InChI=1S/C17H15FN2O2/c1-10-3-5-12(6-4-10)17-20-14-9-13(7-8-15(14)22-17)19-16(21)11(2)18/h3-9,11H,1-2H3,(H,19,21). The summed E-state index contributed by atoms with van der Waals surface area (Å²) in [6, 6.07) is 12.9. The Balaban J connectivity index is 1.93. The highest BCUT2D eigenvalue weighted by Gasteiger charge is 2.13. The van der Waals surface area contributed by atoms with Gasteiger partial charge in [0.05, 0.1) is 0 Å². The number of oxazole rings is 1. The first kappa shape index (κ1) is 14.3. The maximum atomic E-state index is 12.9. The number of hydrogen-bond donors (Lipinski definition) is 1. The van der Waals surface area contributed by atoms with E-state index in [2.05, 4.69) is 10.3 Å². The number of alkyl halides is 1. The van der Waals surface area contributed by atoms with Crippen LogP contribution in [0.25, 0.3) is 22.6 Å². The molecule has 3 rings (SSSR count). The summed E-state index contributed by atoms with van der Waals surface area (Å²) in [6.07, 6.45) is -1.56. The fraction of sp³-hybridized carbons (Fsp3) is 0.176. The number of hydrogen-bond acceptors (Lipinski definition) is 3. The third-order valence-corrected chi connectivity index (χ3v) is 3.31. The Morgan fingerprint density at radius 1 is 1.23 bits per heavy atom. The van der Waals surface area contributed by atoms with Gasteiger partial charge < -0.3 is 9.73 Å². The number of nitrogens with zero attached hydrogens (tertiary/aromatic N) is 1. The minimum atomic E-state index is -1.56. The van der Waals surface area contributed by atoms with Crippen LogP contribution in [0.2, 0.25) is 0 Å². The van der Waals surface area contributed by atoms with Gasteiger partial charge in [0.15, 0.2) is 11.8 Å². The minimum Gasteiger partial charge on any atom is -0.436 e. The van der Waals surface area contributed by atoms with Gasteiger partial charge in [0.2, 0.25) is 5.89 Å². The van der Waals surface area contributed by atoms with Crippen molar-refractivity contribution in [3.05, 3.63) is 48.0 Å². The average molecular weight is 298 g/mol. The second-order valence-corrected chi connectivity index (χ2v) is 5.17. The Kier molecular flexibility index (Phi) is 3.63. The predicted molar refractivity (Wildman–Crippen MR) is 83.4 cm³/mol. The van der Waals surface area contributed by atoms with Crippen LogP contribution < -0.4 is 5.32 Å². The van der Waals surface area contributed by atoms with Gasteiger partial charge in [-0.3, -0.25) is 4.79 Å². The van der Waals surface area contributed by atoms with Crippen LogP contribution in [0.1, 0.15) is 12.5 Å². The molecule has 0 aliphatic carbocycles. The minimum absolute atomic E-state index is 0.491. The number of fused-ring (bicyclic) bond motifs is 1. The Morgan fingerprint density at radius 3 is 2.64 bits per heavy atom. The molecule has 22 heavy (non-hydrogen) atoms. The van der Waals surface area contributed by atoms with E-state index in [9.17, 15) is 9.18 Å². The molecular formula is C17H15FN2O2. The normalized spacial score (nSPS) is 12.3. The van der Waals surface area contributed by atoms with Gasteiger partial charge in [-0.05, 0) is 44.2 Å². The van der Waals surface area contributed by atoms with Crippen molar-refractivity contribution in [3.63, 3.8) is 0 Å². The van der Waals surface area contributed by atoms with Crippen molar-refractivity contribution in [1.29, 1.82) is 0 Å². The lowest BCUT2D eigenvalue weighted by atomic mass is 10.1. The second-order valence-electron chi connectivity index (χ2n) is 5.17. The zero-order valence-electron chi connectivity index (χ0n) is 12.3. The third-order valence-electron chi connectivity index (χ3n) is 3.31. The second kappa shape index (κ2) is 5.60. The van der Waals surface area contributed by atoms with Crippen molar-refractivity contribution >= 4 is 22.7 Å². The van der Waals surface area contributed by atoms with Gasteiger partial charge in [0.25, 0.3) is 5.91 Å². The Morgan fingerprint density at radius 2 is 1.95 bits per heavy atom. The molecule has 3 aromatic rings. The van der Waals surface area contributed by atoms with Crippen LogP contribution in [-0.2, 0) is 4.79 Å². The summed E-state index contributed by atoms with van der Waals surface area (Å²) in [4.78, 5) is 15.8. The number of carbonyl (C=O) groups is 1. The number of anilines is 1. The monoisotopic (exact) mass is 298 g/mol. The maximum absolute atomic E-state index is 12.9. The van der Waals surface area contributed by atoms with Gasteiger partial charge in [0.1, 0.15) is 5.52 Å². The zero-order valence-corrected chi connectivity index (χ0v) is 12.3. The van der Waals surface area contributed by atoms with Crippen LogP contribution in [0.5, 0.6) is 0 Å². The highest BCUT2D eigenvalue weighted by molar-refractivity contribution is 5.95. The topological polar surface area (TPSA) is 55.1 Å². The molecular weight excluding hydrogens is 283 g/mol. The molecule has 5 heteroatoms. The molecule has 0 radical (unpaired) electrons. The fourth-order valence-corrected chi connectivity index (χ4v) is 2.07.